The molecule has 1 heterocycles. The van der Waals surface area contributed by atoms with Crippen LogP contribution in [0.3, 0.4) is 0 Å². The normalized spacial score (nSPS) is 11.2. The van der Waals surface area contributed by atoms with Crippen molar-refractivity contribution in [1.82, 2.24) is 4.98 Å². The van der Waals surface area contributed by atoms with Crippen LogP contribution in [0.1, 0.15) is 18.9 Å². The number of fused-ring (bicyclic) bond motifs is 1. The van der Waals surface area contributed by atoms with Gasteiger partial charge in [-0.1, -0.05) is 37.3 Å². The summed E-state index contributed by atoms with van der Waals surface area (Å²) in [4.78, 5) is 4.32. The van der Waals surface area contributed by atoms with Crippen molar-refractivity contribution in [3.05, 3.63) is 48.2 Å². The average molecular weight is 183 g/mol. The van der Waals surface area contributed by atoms with Crippen molar-refractivity contribution in [1.29, 1.82) is 0 Å². The Bertz CT molecular complexity index is 452. The van der Waals surface area contributed by atoms with Gasteiger partial charge < -0.3 is 0 Å². The standard InChI is InChI=1S/C13H13N/c1-2-3-6-11-9-10-14-13-8-5-4-7-12(11)13/h3-10H,2H2,1H3/b6-3+. The molecular formula is C13H13N. The highest BCUT2D eigenvalue weighted by atomic mass is 14.6. The van der Waals surface area contributed by atoms with Crippen LogP contribution < -0.4 is 0 Å². The first-order valence-electron chi connectivity index (χ1n) is 4.92. The van der Waals surface area contributed by atoms with E-state index in [9.17, 15) is 0 Å². The van der Waals surface area contributed by atoms with Crippen molar-refractivity contribution >= 4 is 17.0 Å². The Balaban J connectivity index is 2.59. The second kappa shape index (κ2) is 4.05. The van der Waals surface area contributed by atoms with Gasteiger partial charge in [-0.15, -0.1) is 0 Å². The summed E-state index contributed by atoms with van der Waals surface area (Å²) in [6.07, 6.45) is 7.25. The highest BCUT2D eigenvalue weighted by molar-refractivity contribution is 5.87. The van der Waals surface area contributed by atoms with Gasteiger partial charge in [0.25, 0.3) is 0 Å². The summed E-state index contributed by atoms with van der Waals surface area (Å²) in [5, 5.41) is 1.22. The average Bonchev–Trinajstić information content (AvgIpc) is 2.26. The van der Waals surface area contributed by atoms with Gasteiger partial charge in [0.05, 0.1) is 5.52 Å². The third-order valence-corrected chi connectivity index (χ3v) is 2.22. The van der Waals surface area contributed by atoms with Crippen LogP contribution in [0.5, 0.6) is 0 Å². The summed E-state index contributed by atoms with van der Waals surface area (Å²) in [5.41, 5.74) is 2.31. The lowest BCUT2D eigenvalue weighted by molar-refractivity contribution is 1.23. The molecule has 1 aromatic carbocycles. The number of rotatable bonds is 2. The van der Waals surface area contributed by atoms with Crippen molar-refractivity contribution in [2.75, 3.05) is 0 Å². The zero-order valence-corrected chi connectivity index (χ0v) is 8.27. The second-order valence-electron chi connectivity index (χ2n) is 3.23. The summed E-state index contributed by atoms with van der Waals surface area (Å²) >= 11 is 0. The number of benzene rings is 1. The maximum absolute atomic E-state index is 4.32. The van der Waals surface area contributed by atoms with Gasteiger partial charge in [0.1, 0.15) is 0 Å². The lowest BCUT2D eigenvalue weighted by Gasteiger charge is -2.00. The topological polar surface area (TPSA) is 12.9 Å². The van der Waals surface area contributed by atoms with Crippen molar-refractivity contribution < 1.29 is 0 Å². The molecule has 1 nitrogen and oxygen atoms in total. The maximum atomic E-state index is 4.32. The number of hydrogen-bond acceptors (Lipinski definition) is 1. The molecule has 2 rings (SSSR count). The Morgan fingerprint density at radius 2 is 2.07 bits per heavy atom. The molecule has 0 saturated heterocycles. The van der Waals surface area contributed by atoms with Crippen LogP contribution in [-0.4, -0.2) is 4.98 Å². The largest absolute Gasteiger partial charge is 0.256 e. The molecule has 70 valence electrons. The number of nitrogens with zero attached hydrogens (tertiary/aromatic N) is 1. The van der Waals surface area contributed by atoms with E-state index in [0.29, 0.717) is 0 Å². The predicted octanol–water partition coefficient (Wildman–Crippen LogP) is 3.66. The summed E-state index contributed by atoms with van der Waals surface area (Å²) in [5.74, 6) is 0. The van der Waals surface area contributed by atoms with E-state index in [0.717, 1.165) is 11.9 Å². The zero-order valence-electron chi connectivity index (χ0n) is 8.27. The Morgan fingerprint density at radius 3 is 2.93 bits per heavy atom. The molecule has 2 aromatic rings. The van der Waals surface area contributed by atoms with Crippen molar-refractivity contribution in [3.8, 4) is 0 Å². The van der Waals surface area contributed by atoms with Crippen LogP contribution in [0.15, 0.2) is 42.6 Å². The molecule has 14 heavy (non-hydrogen) atoms. The molecule has 0 saturated carbocycles. The van der Waals surface area contributed by atoms with Crippen molar-refractivity contribution in [3.63, 3.8) is 0 Å². The monoisotopic (exact) mass is 183 g/mol. The Morgan fingerprint density at radius 1 is 1.21 bits per heavy atom. The maximum Gasteiger partial charge on any atom is 0.0707 e. The third kappa shape index (κ3) is 1.67. The van der Waals surface area contributed by atoms with E-state index in [1.165, 1.54) is 10.9 Å². The number of para-hydroxylation sites is 1. The lowest BCUT2D eigenvalue weighted by atomic mass is 10.1. The molecule has 0 aliphatic rings. The molecule has 0 radical (unpaired) electrons. The van der Waals surface area contributed by atoms with Gasteiger partial charge >= 0.3 is 0 Å². The molecule has 0 N–H and O–H groups in total. The van der Waals surface area contributed by atoms with Gasteiger partial charge in [0.15, 0.2) is 0 Å². The van der Waals surface area contributed by atoms with E-state index >= 15 is 0 Å². The van der Waals surface area contributed by atoms with Crippen molar-refractivity contribution in [2.24, 2.45) is 0 Å². The molecule has 0 amide bonds. The number of aromatic nitrogens is 1. The van der Waals surface area contributed by atoms with E-state index in [1.54, 1.807) is 0 Å². The van der Waals surface area contributed by atoms with Gasteiger partial charge in [0, 0.05) is 11.6 Å². The van der Waals surface area contributed by atoms with Crippen LogP contribution in [0.2, 0.25) is 0 Å². The number of allylic oxidation sites excluding steroid dienone is 1. The smallest absolute Gasteiger partial charge is 0.0707 e. The Hall–Kier alpha value is -1.63. The van der Waals surface area contributed by atoms with E-state index in [2.05, 4.69) is 36.2 Å². The van der Waals surface area contributed by atoms with Crippen LogP contribution in [0.4, 0.5) is 0 Å². The first-order valence-corrected chi connectivity index (χ1v) is 4.92. The number of pyridine rings is 1. The SMILES string of the molecule is CC/C=C/c1ccnc2ccccc12. The van der Waals surface area contributed by atoms with Crippen LogP contribution in [-0.2, 0) is 0 Å². The lowest BCUT2D eigenvalue weighted by Crippen LogP contribution is -1.81. The molecule has 1 aromatic heterocycles. The fourth-order valence-electron chi connectivity index (χ4n) is 1.51. The predicted molar refractivity (Wildman–Crippen MR) is 61.1 cm³/mol. The van der Waals surface area contributed by atoms with Crippen LogP contribution in [0, 0.1) is 0 Å². The summed E-state index contributed by atoms with van der Waals surface area (Å²) in [6.45, 7) is 2.14. The fourth-order valence-corrected chi connectivity index (χ4v) is 1.51. The summed E-state index contributed by atoms with van der Waals surface area (Å²) in [6, 6.07) is 10.3. The summed E-state index contributed by atoms with van der Waals surface area (Å²) in [7, 11) is 0. The minimum Gasteiger partial charge on any atom is -0.256 e. The van der Waals surface area contributed by atoms with Gasteiger partial charge in [-0.2, -0.15) is 0 Å². The molecule has 0 fully saturated rings. The molecule has 0 spiro atoms. The van der Waals surface area contributed by atoms with E-state index in [-0.39, 0.29) is 0 Å². The van der Waals surface area contributed by atoms with Gasteiger partial charge in [0.2, 0.25) is 0 Å². The molecule has 0 aliphatic heterocycles. The molecule has 1 heteroatoms. The van der Waals surface area contributed by atoms with Crippen LogP contribution in [0.25, 0.3) is 17.0 Å². The Labute approximate surface area is 84.1 Å². The minimum atomic E-state index is 1.06. The van der Waals surface area contributed by atoms with Crippen LogP contribution >= 0.6 is 0 Å². The first-order chi connectivity index (χ1) is 6.92. The van der Waals surface area contributed by atoms with E-state index in [4.69, 9.17) is 0 Å². The van der Waals surface area contributed by atoms with Gasteiger partial charge in [-0.05, 0) is 24.1 Å². The third-order valence-electron chi connectivity index (χ3n) is 2.22. The van der Waals surface area contributed by atoms with E-state index in [1.807, 2.05) is 24.4 Å². The van der Waals surface area contributed by atoms with Gasteiger partial charge in [-0.3, -0.25) is 4.98 Å². The Kier molecular flexibility index (Phi) is 2.59. The summed E-state index contributed by atoms with van der Waals surface area (Å²) < 4.78 is 0. The molecule has 0 atom stereocenters. The fraction of sp³-hybridized carbons (Fsp3) is 0.154. The highest BCUT2D eigenvalue weighted by Crippen LogP contribution is 2.17. The molecule has 0 aliphatic carbocycles. The number of hydrogen-bond donors (Lipinski definition) is 0. The first kappa shape index (κ1) is 8.95. The van der Waals surface area contributed by atoms with Crippen molar-refractivity contribution in [2.45, 2.75) is 13.3 Å². The molecular weight excluding hydrogens is 170 g/mol. The molecule has 0 bridgehead atoms. The van der Waals surface area contributed by atoms with Gasteiger partial charge in [-0.25, -0.2) is 0 Å². The molecule has 0 unspecified atom stereocenters. The van der Waals surface area contributed by atoms with E-state index < -0.39 is 0 Å². The minimum absolute atomic E-state index is 1.06. The second-order valence-corrected chi connectivity index (χ2v) is 3.23. The zero-order chi connectivity index (χ0) is 9.80. The quantitative estimate of drug-likeness (QED) is 0.692. The highest BCUT2D eigenvalue weighted by Gasteiger charge is 1.96.